The van der Waals surface area contributed by atoms with Gasteiger partial charge in [0.1, 0.15) is 42.8 Å². The Morgan fingerprint density at radius 1 is 0.384 bits per heavy atom. The van der Waals surface area contributed by atoms with Crippen molar-refractivity contribution in [3.8, 4) is 59.0 Å². The zero-order valence-corrected chi connectivity index (χ0v) is 66.5. The SMILES string of the molecule is C#CCOc1ccc(/C=C/C(=O)Nc2cc(Cl)ccc2C(=O)NC)cc1C.CC#CCOc1cc(/C=C/C(=O)Nc2cc(Cl)ccc2C(=O)NC)ccc1C.CC#CCOc1cc(/C=C/C(=O)Nc2ccc(Cl)cc2C(=O)NC)ccc1C.CNC(=O)c1ccc(Cl)cc1NC(=O)/C=C/c1ccc(OC2CCCC2)c(C)c1. The molecule has 1 aliphatic carbocycles. The van der Waals surface area contributed by atoms with Gasteiger partial charge in [0, 0.05) is 72.6 Å². The molecule has 0 radical (unpaired) electrons. The van der Waals surface area contributed by atoms with E-state index in [4.69, 9.17) is 71.8 Å². The quantitative estimate of drug-likeness (QED) is 0.0207. The molecule has 1 fully saturated rings. The van der Waals surface area contributed by atoms with Crippen molar-refractivity contribution in [3.63, 3.8) is 0 Å². The van der Waals surface area contributed by atoms with Gasteiger partial charge in [-0.1, -0.05) is 101 Å². The summed E-state index contributed by atoms with van der Waals surface area (Å²) in [6.07, 6.45) is 22.5. The molecule has 24 heteroatoms. The van der Waals surface area contributed by atoms with Crippen LogP contribution in [-0.2, 0) is 19.2 Å². The van der Waals surface area contributed by atoms with Gasteiger partial charge in [-0.15, -0.1) is 18.3 Å². The Kier molecular flexibility index (Phi) is 36.4. The molecule has 0 spiro atoms. The first-order valence-corrected chi connectivity index (χ1v) is 36.5. The van der Waals surface area contributed by atoms with Crippen LogP contribution in [0.3, 0.4) is 0 Å². The zero-order valence-electron chi connectivity index (χ0n) is 63.5. The van der Waals surface area contributed by atoms with Gasteiger partial charge in [0.05, 0.1) is 51.1 Å². The molecule has 8 aromatic rings. The van der Waals surface area contributed by atoms with E-state index in [1.165, 1.54) is 83.5 Å². The molecule has 0 unspecified atom stereocenters. The summed E-state index contributed by atoms with van der Waals surface area (Å²) in [5.41, 5.74) is 9.97. The third-order valence-electron chi connectivity index (χ3n) is 16.2. The van der Waals surface area contributed by atoms with Gasteiger partial charge in [0.15, 0.2) is 0 Å². The number of anilines is 4. The highest BCUT2D eigenvalue weighted by Gasteiger charge is 2.20. The van der Waals surface area contributed by atoms with Gasteiger partial charge in [-0.2, -0.15) is 0 Å². The van der Waals surface area contributed by atoms with E-state index in [1.807, 2.05) is 94.4 Å². The third kappa shape index (κ3) is 29.2. The van der Waals surface area contributed by atoms with Gasteiger partial charge in [0.25, 0.3) is 23.6 Å². The number of hydrogen-bond acceptors (Lipinski definition) is 12. The van der Waals surface area contributed by atoms with E-state index >= 15 is 0 Å². The Bertz CT molecular complexity index is 5050. The lowest BCUT2D eigenvalue weighted by Gasteiger charge is -2.15. The molecule has 0 atom stereocenters. The number of terminal acetylenes is 1. The highest BCUT2D eigenvalue weighted by atomic mass is 35.5. The summed E-state index contributed by atoms with van der Waals surface area (Å²) >= 11 is 23.9. The number of ether oxygens (including phenoxy) is 4. The number of carbonyl (C=O) groups excluding carboxylic acids is 8. The van der Waals surface area contributed by atoms with Crippen molar-refractivity contribution < 1.29 is 57.3 Å². The van der Waals surface area contributed by atoms with Crippen molar-refractivity contribution in [1.82, 2.24) is 21.3 Å². The highest BCUT2D eigenvalue weighted by Crippen LogP contribution is 2.30. The molecular formula is C88H86Cl4N8O12. The normalized spacial score (nSPS) is 11.2. The molecule has 9 rings (SSSR count). The molecule has 0 bridgehead atoms. The number of amides is 8. The van der Waals surface area contributed by atoms with Crippen molar-refractivity contribution in [2.24, 2.45) is 0 Å². The molecule has 20 nitrogen and oxygen atoms in total. The second-order valence-electron chi connectivity index (χ2n) is 24.4. The highest BCUT2D eigenvalue weighted by molar-refractivity contribution is 6.32. The number of carbonyl (C=O) groups is 8. The fraction of sp³-hybridized carbons (Fsp3) is 0.205. The van der Waals surface area contributed by atoms with Gasteiger partial charge in [-0.25, -0.2) is 0 Å². The second kappa shape index (κ2) is 46.1. The van der Waals surface area contributed by atoms with E-state index < -0.39 is 0 Å². The summed E-state index contributed by atoms with van der Waals surface area (Å²) in [6, 6.07) is 41.4. The minimum atomic E-state index is -0.382. The fourth-order valence-corrected chi connectivity index (χ4v) is 11.2. The van der Waals surface area contributed by atoms with E-state index in [2.05, 4.69) is 72.1 Å². The first-order chi connectivity index (χ1) is 53.8. The van der Waals surface area contributed by atoms with Crippen LogP contribution in [0.5, 0.6) is 23.0 Å². The first-order valence-electron chi connectivity index (χ1n) is 35.0. The molecule has 1 saturated carbocycles. The van der Waals surface area contributed by atoms with Crippen LogP contribution in [-0.4, -0.2) is 101 Å². The summed E-state index contributed by atoms with van der Waals surface area (Å²) in [5, 5.41) is 22.6. The lowest BCUT2D eigenvalue weighted by molar-refractivity contribution is -0.112. The van der Waals surface area contributed by atoms with Crippen molar-refractivity contribution in [1.29, 1.82) is 0 Å². The van der Waals surface area contributed by atoms with Crippen LogP contribution >= 0.6 is 46.4 Å². The van der Waals surface area contributed by atoms with Crippen LogP contribution < -0.4 is 61.5 Å². The van der Waals surface area contributed by atoms with Crippen molar-refractivity contribution in [2.75, 3.05) is 69.3 Å². The predicted molar refractivity (Wildman–Crippen MR) is 450 cm³/mol. The molecule has 0 saturated heterocycles. The van der Waals surface area contributed by atoms with Crippen LogP contribution in [0.1, 0.15) is 125 Å². The van der Waals surface area contributed by atoms with Crippen LogP contribution in [0, 0.1) is 63.7 Å². The van der Waals surface area contributed by atoms with Gasteiger partial charge >= 0.3 is 0 Å². The van der Waals surface area contributed by atoms with Crippen LogP contribution in [0.4, 0.5) is 22.7 Å². The Labute approximate surface area is 673 Å². The van der Waals surface area contributed by atoms with Gasteiger partial charge < -0.3 is 61.5 Å². The van der Waals surface area contributed by atoms with Crippen molar-refractivity contribution in [3.05, 3.63) is 257 Å². The molecule has 8 amide bonds. The topological polar surface area (TPSA) is 270 Å². The number of hydrogen-bond donors (Lipinski definition) is 8. The van der Waals surface area contributed by atoms with E-state index in [9.17, 15) is 38.4 Å². The number of halogens is 4. The lowest BCUT2D eigenvalue weighted by Crippen LogP contribution is -2.20. The zero-order chi connectivity index (χ0) is 81.7. The molecule has 112 heavy (non-hydrogen) atoms. The summed E-state index contributed by atoms with van der Waals surface area (Å²) in [5.74, 6) is 13.9. The minimum Gasteiger partial charge on any atom is -0.490 e. The standard InChI is InChI=1S/C23H25ClN2O3.2C22H21ClN2O3.C21H19ClN2O3/c1-15-13-16(7-11-21(15)29-18-5-3-4-6-18)8-12-22(27)26-20-14-17(24)9-10-19(20)23(28)25-2;1-4-5-12-28-20-13-16(7-6-15(20)2)8-11-21(26)25-19-10-9-17(23)14-18(19)22(27)24-3;1-4-5-12-28-20-13-16(7-6-15(20)2)8-11-21(26)25-19-14-17(23)9-10-18(19)22(27)24-3;1-4-11-27-19-9-5-15(12-14(19)2)6-10-20(25)24-18-13-16(22)7-8-17(18)21(26)23-3/h7-14,18H,3-6H2,1-2H3,(H,25,28)(H,26,27);2*6-11,13-14H,12H2,1-3H3,(H,24,27)(H,25,26);1,5-10,12-13H,11H2,2-3H3,(H,23,26)(H,24,25)/b12-8+;2*11-8+;10-6+. The van der Waals surface area contributed by atoms with Crippen molar-refractivity contribution in [2.45, 2.75) is 73.3 Å². The number of nitrogens with one attached hydrogen (secondary N) is 8. The van der Waals surface area contributed by atoms with Gasteiger partial charge in [-0.3, -0.25) is 38.4 Å². The van der Waals surface area contributed by atoms with E-state index in [0.717, 1.165) is 63.1 Å². The average molecular weight is 1590 g/mol. The Morgan fingerprint density at radius 3 is 1.08 bits per heavy atom. The maximum atomic E-state index is 12.3. The fourth-order valence-electron chi connectivity index (χ4n) is 10.5. The van der Waals surface area contributed by atoms with Crippen LogP contribution in [0.25, 0.3) is 24.3 Å². The number of aryl methyl sites for hydroxylation is 4. The molecule has 1 aliphatic rings. The summed E-state index contributed by atoms with van der Waals surface area (Å²) in [6.45, 7) is 12.1. The van der Waals surface area contributed by atoms with E-state index in [0.29, 0.717) is 102 Å². The number of rotatable bonds is 24. The Balaban J connectivity index is 0.000000233. The van der Waals surface area contributed by atoms with E-state index in [-0.39, 0.29) is 53.9 Å². The average Bonchev–Trinajstić information content (AvgIpc) is 1.17. The Hall–Kier alpha value is -12.5. The predicted octanol–water partition coefficient (Wildman–Crippen LogP) is 16.8. The lowest BCUT2D eigenvalue weighted by atomic mass is 10.1. The molecule has 0 aliphatic heterocycles. The van der Waals surface area contributed by atoms with E-state index in [1.54, 1.807) is 98.8 Å². The summed E-state index contributed by atoms with van der Waals surface area (Å²) in [4.78, 5) is 96.9. The maximum absolute atomic E-state index is 12.3. The van der Waals surface area contributed by atoms with Gasteiger partial charge in [0.2, 0.25) is 23.6 Å². The largest absolute Gasteiger partial charge is 0.490 e. The smallest absolute Gasteiger partial charge is 0.253 e. The number of benzene rings is 8. The Morgan fingerprint density at radius 2 is 0.714 bits per heavy atom. The molecular weight excluding hydrogens is 1500 g/mol. The third-order valence-corrected chi connectivity index (χ3v) is 17.2. The maximum Gasteiger partial charge on any atom is 0.253 e. The molecule has 0 aromatic heterocycles. The first kappa shape index (κ1) is 88.4. The van der Waals surface area contributed by atoms with Crippen LogP contribution in [0.2, 0.25) is 20.1 Å². The second-order valence-corrected chi connectivity index (χ2v) is 26.2. The molecule has 0 heterocycles. The molecule has 578 valence electrons. The summed E-state index contributed by atoms with van der Waals surface area (Å²) < 4.78 is 22.7. The minimum absolute atomic E-state index is 0.200. The van der Waals surface area contributed by atoms with Crippen molar-refractivity contribution >= 4 is 141 Å². The molecule has 8 N–H and O–H groups in total. The van der Waals surface area contributed by atoms with Crippen LogP contribution in [0.15, 0.2) is 170 Å². The molecule has 8 aromatic carbocycles. The monoisotopic (exact) mass is 1590 g/mol. The summed E-state index contributed by atoms with van der Waals surface area (Å²) in [7, 11) is 6.08. The van der Waals surface area contributed by atoms with Gasteiger partial charge in [-0.05, 0) is 245 Å².